The van der Waals surface area contributed by atoms with Gasteiger partial charge in [-0.1, -0.05) is 0 Å². The molecule has 4 fully saturated rings. The summed E-state index contributed by atoms with van der Waals surface area (Å²) in [4.78, 5) is 15.1. The number of benzene rings is 1. The van der Waals surface area contributed by atoms with E-state index in [1.165, 1.54) is 30.0 Å². The lowest BCUT2D eigenvalue weighted by atomic mass is 9.52. The van der Waals surface area contributed by atoms with Crippen molar-refractivity contribution < 1.29 is 18.3 Å². The third-order valence-corrected chi connectivity index (χ3v) is 7.13. The Labute approximate surface area is 168 Å². The topological polar surface area (TPSA) is 47.4 Å². The molecule has 154 valence electrons. The second kappa shape index (κ2) is 6.82. The minimum atomic E-state index is -0.769. The Balaban J connectivity index is 1.27. The summed E-state index contributed by atoms with van der Waals surface area (Å²) in [6.45, 7) is -0.0586. The number of carbonyl (C=O) groups excluding carboxylic acids is 1. The molecule has 1 aromatic heterocycles. The lowest BCUT2D eigenvalue weighted by molar-refractivity contribution is -0.0667. The molecule has 4 bridgehead atoms. The molecule has 0 unspecified atom stereocenters. The third-order valence-electron chi connectivity index (χ3n) is 7.13. The fourth-order valence-corrected chi connectivity index (χ4v) is 6.14. The number of ether oxygens (including phenoxy) is 1. The first-order valence-electron chi connectivity index (χ1n) is 10.3. The summed E-state index contributed by atoms with van der Waals surface area (Å²) in [7, 11) is 1.92. The number of halogens is 2. The maximum absolute atomic E-state index is 13.7. The molecule has 5 nitrogen and oxygen atoms in total. The third kappa shape index (κ3) is 3.30. The van der Waals surface area contributed by atoms with E-state index in [0.717, 1.165) is 49.1 Å². The largest absolute Gasteiger partial charge is 0.468 e. The molecule has 0 spiro atoms. The number of rotatable bonds is 5. The Morgan fingerprint density at radius 2 is 1.83 bits per heavy atom. The maximum Gasteiger partial charge on any atom is 0.274 e. The van der Waals surface area contributed by atoms with Crippen LogP contribution in [0.3, 0.4) is 0 Å². The van der Waals surface area contributed by atoms with Crippen LogP contribution in [-0.2, 0) is 6.73 Å². The van der Waals surface area contributed by atoms with Gasteiger partial charge in [-0.05, 0) is 74.5 Å². The zero-order chi connectivity index (χ0) is 20.2. The first-order chi connectivity index (χ1) is 13.9. The van der Waals surface area contributed by atoms with Crippen LogP contribution in [0.5, 0.6) is 5.75 Å². The van der Waals surface area contributed by atoms with Gasteiger partial charge >= 0.3 is 0 Å². The van der Waals surface area contributed by atoms with Crippen LogP contribution in [0.15, 0.2) is 30.5 Å². The number of nitrogens with zero attached hydrogens (tertiary/aromatic N) is 3. The second-order valence-electron chi connectivity index (χ2n) is 9.09. The van der Waals surface area contributed by atoms with Gasteiger partial charge in [-0.2, -0.15) is 5.10 Å². The van der Waals surface area contributed by atoms with Crippen LogP contribution >= 0.6 is 0 Å². The molecular formula is C22H25F2N3O2. The molecule has 1 heterocycles. The Kier molecular flexibility index (Phi) is 4.37. The summed E-state index contributed by atoms with van der Waals surface area (Å²) < 4.78 is 33.5. The van der Waals surface area contributed by atoms with E-state index in [-0.39, 0.29) is 23.9 Å². The molecular weight excluding hydrogens is 376 g/mol. The van der Waals surface area contributed by atoms with Crippen molar-refractivity contribution in [3.05, 3.63) is 47.8 Å². The monoisotopic (exact) mass is 401 g/mol. The van der Waals surface area contributed by atoms with Crippen molar-refractivity contribution >= 4 is 5.91 Å². The summed E-state index contributed by atoms with van der Waals surface area (Å²) >= 11 is 0. The Morgan fingerprint density at radius 3 is 2.45 bits per heavy atom. The highest BCUT2D eigenvalue weighted by atomic mass is 19.1. The van der Waals surface area contributed by atoms with Crippen molar-refractivity contribution in [3.63, 3.8) is 0 Å². The molecule has 4 aliphatic carbocycles. The van der Waals surface area contributed by atoms with Gasteiger partial charge in [0.05, 0.1) is 0 Å². The second-order valence-corrected chi connectivity index (χ2v) is 9.09. The smallest absolute Gasteiger partial charge is 0.274 e. The minimum Gasteiger partial charge on any atom is -0.468 e. The van der Waals surface area contributed by atoms with Crippen LogP contribution in [0.1, 0.15) is 49.0 Å². The predicted molar refractivity (Wildman–Crippen MR) is 102 cm³/mol. The van der Waals surface area contributed by atoms with Gasteiger partial charge in [0, 0.05) is 24.8 Å². The van der Waals surface area contributed by atoms with Crippen molar-refractivity contribution in [1.82, 2.24) is 14.7 Å². The summed E-state index contributed by atoms with van der Waals surface area (Å²) in [6, 6.07) is 4.81. The molecule has 0 saturated heterocycles. The van der Waals surface area contributed by atoms with Crippen molar-refractivity contribution in [2.24, 2.45) is 17.8 Å². The van der Waals surface area contributed by atoms with Gasteiger partial charge in [-0.15, -0.1) is 0 Å². The van der Waals surface area contributed by atoms with Gasteiger partial charge in [0.25, 0.3) is 5.91 Å². The SMILES string of the molecule is CN(C(=O)c1ccn(COc2ccc(F)cc2F)n1)C12CC3CC(CC(C3)C1)C2. The maximum atomic E-state index is 13.7. The first-order valence-corrected chi connectivity index (χ1v) is 10.3. The molecule has 0 N–H and O–H groups in total. The van der Waals surface area contributed by atoms with Crippen molar-refractivity contribution in [3.8, 4) is 5.75 Å². The van der Waals surface area contributed by atoms with Gasteiger partial charge < -0.3 is 9.64 Å². The van der Waals surface area contributed by atoms with Crippen molar-refractivity contribution in [2.75, 3.05) is 7.05 Å². The fraction of sp³-hybridized carbons (Fsp3) is 0.545. The van der Waals surface area contributed by atoms with Crippen LogP contribution in [0.4, 0.5) is 8.78 Å². The fourth-order valence-electron chi connectivity index (χ4n) is 6.14. The van der Waals surface area contributed by atoms with E-state index in [1.54, 1.807) is 12.3 Å². The molecule has 7 heteroatoms. The number of amides is 1. The van der Waals surface area contributed by atoms with Gasteiger partial charge in [0.1, 0.15) is 5.82 Å². The molecule has 4 saturated carbocycles. The number of hydrogen-bond acceptors (Lipinski definition) is 3. The molecule has 29 heavy (non-hydrogen) atoms. The first kappa shape index (κ1) is 18.6. The average molecular weight is 401 g/mol. The summed E-state index contributed by atoms with van der Waals surface area (Å²) in [5.41, 5.74) is 0.343. The summed E-state index contributed by atoms with van der Waals surface area (Å²) in [5, 5.41) is 4.33. The van der Waals surface area contributed by atoms with Crippen LogP contribution in [0.25, 0.3) is 0 Å². The quantitative estimate of drug-likeness (QED) is 0.753. The number of carbonyl (C=O) groups is 1. The van der Waals surface area contributed by atoms with Crippen LogP contribution < -0.4 is 4.74 Å². The van der Waals surface area contributed by atoms with E-state index in [0.29, 0.717) is 5.69 Å². The van der Waals surface area contributed by atoms with Gasteiger partial charge in [0.2, 0.25) is 0 Å². The van der Waals surface area contributed by atoms with E-state index < -0.39 is 11.6 Å². The zero-order valence-corrected chi connectivity index (χ0v) is 16.5. The van der Waals surface area contributed by atoms with Crippen LogP contribution in [-0.4, -0.2) is 33.2 Å². The summed E-state index contributed by atoms with van der Waals surface area (Å²) in [6.07, 6.45) is 8.94. The van der Waals surface area contributed by atoms with Gasteiger partial charge in [0.15, 0.2) is 24.0 Å². The van der Waals surface area contributed by atoms with E-state index in [9.17, 15) is 13.6 Å². The standard InChI is InChI=1S/C22H25F2N3O2/c1-26(22-10-14-6-15(11-22)8-16(7-14)12-22)21(28)19-4-5-27(25-19)13-29-20-3-2-17(23)9-18(20)24/h2-5,9,14-16H,6-8,10-13H2,1H3. The lowest BCUT2D eigenvalue weighted by Crippen LogP contribution is -2.60. The molecule has 4 aliphatic rings. The normalized spacial score (nSPS) is 29.8. The van der Waals surface area contributed by atoms with E-state index in [2.05, 4.69) is 5.10 Å². The zero-order valence-electron chi connectivity index (χ0n) is 16.5. The summed E-state index contributed by atoms with van der Waals surface area (Å²) in [5.74, 6) is 0.720. The Morgan fingerprint density at radius 1 is 1.17 bits per heavy atom. The highest BCUT2D eigenvalue weighted by molar-refractivity contribution is 5.92. The van der Waals surface area contributed by atoms with Crippen LogP contribution in [0, 0.1) is 29.4 Å². The minimum absolute atomic E-state index is 0.0245. The average Bonchev–Trinajstić information content (AvgIpc) is 3.14. The molecule has 1 aromatic carbocycles. The number of hydrogen-bond donors (Lipinski definition) is 0. The van der Waals surface area contributed by atoms with Gasteiger partial charge in [-0.3, -0.25) is 4.79 Å². The predicted octanol–water partition coefficient (Wildman–Crippen LogP) is 4.24. The Bertz CT molecular complexity index is 907. The van der Waals surface area contributed by atoms with Gasteiger partial charge in [-0.25, -0.2) is 13.5 Å². The molecule has 6 rings (SSSR count). The lowest BCUT2D eigenvalue weighted by Gasteiger charge is -2.59. The number of aromatic nitrogens is 2. The molecule has 0 atom stereocenters. The van der Waals surface area contributed by atoms with E-state index in [1.807, 2.05) is 11.9 Å². The highest BCUT2D eigenvalue weighted by Gasteiger charge is 2.53. The highest BCUT2D eigenvalue weighted by Crippen LogP contribution is 2.57. The molecule has 2 aromatic rings. The Hall–Kier alpha value is -2.44. The molecule has 1 amide bonds. The van der Waals surface area contributed by atoms with E-state index in [4.69, 9.17) is 4.74 Å². The van der Waals surface area contributed by atoms with Crippen molar-refractivity contribution in [2.45, 2.75) is 50.8 Å². The van der Waals surface area contributed by atoms with Crippen molar-refractivity contribution in [1.29, 1.82) is 0 Å². The van der Waals surface area contributed by atoms with Crippen LogP contribution in [0.2, 0.25) is 0 Å². The molecule has 0 radical (unpaired) electrons. The van der Waals surface area contributed by atoms with E-state index >= 15 is 0 Å². The molecule has 0 aliphatic heterocycles.